The van der Waals surface area contributed by atoms with Crippen molar-refractivity contribution in [1.29, 1.82) is 0 Å². The summed E-state index contributed by atoms with van der Waals surface area (Å²) in [5.41, 5.74) is -0.905. The van der Waals surface area contributed by atoms with Gasteiger partial charge in [0.15, 0.2) is 6.23 Å². The van der Waals surface area contributed by atoms with Crippen LogP contribution in [-0.4, -0.2) is 78.2 Å². The van der Waals surface area contributed by atoms with Crippen molar-refractivity contribution < 1.29 is 19.4 Å². The number of hydrogen-bond donors (Lipinski definition) is 3. The van der Waals surface area contributed by atoms with Gasteiger partial charge in [-0.3, -0.25) is 19.1 Å². The number of carbonyl (C=O) groups excluding carboxylic acids is 1. The molecule has 0 aliphatic carbocycles. The maximum Gasteiger partial charge on any atom is 0.330 e. The molecular formula is C18H30N3O6P. The molecule has 1 aliphatic heterocycles. The van der Waals surface area contributed by atoms with Crippen LogP contribution >= 0.6 is 6.89 Å². The number of Topliss-reactive ketones (excluding diaryl/α,β-unsaturated/α-hetero) is 1. The first-order valence-corrected chi connectivity index (χ1v) is 12.2. The van der Waals surface area contributed by atoms with Gasteiger partial charge < -0.3 is 19.9 Å². The van der Waals surface area contributed by atoms with Crippen molar-refractivity contribution in [2.24, 2.45) is 0 Å². The van der Waals surface area contributed by atoms with Crippen molar-refractivity contribution in [1.82, 2.24) is 14.9 Å². The molecule has 28 heavy (non-hydrogen) atoms. The fraction of sp³-hybridized carbons (Fsp3) is 0.667. The zero-order valence-electron chi connectivity index (χ0n) is 16.8. The minimum atomic E-state index is -1.29. The second-order valence-corrected chi connectivity index (χ2v) is 12.1. The first kappa shape index (κ1) is 22.8. The molecule has 1 aromatic rings. The highest BCUT2D eigenvalue weighted by Crippen LogP contribution is 2.39. The number of H-pyrrole nitrogens is 1. The molecule has 158 valence electrons. The van der Waals surface area contributed by atoms with Gasteiger partial charge in [0.05, 0.1) is 12.6 Å². The summed E-state index contributed by atoms with van der Waals surface area (Å²) < 4.78 is 12.6. The summed E-state index contributed by atoms with van der Waals surface area (Å²) >= 11 is 0. The summed E-state index contributed by atoms with van der Waals surface area (Å²) in [6.45, 7) is 4.58. The van der Waals surface area contributed by atoms with Gasteiger partial charge in [-0.05, 0) is 32.8 Å². The van der Waals surface area contributed by atoms with Crippen molar-refractivity contribution in [2.45, 2.75) is 44.4 Å². The number of carbonyl (C=O) groups is 1. The Morgan fingerprint density at radius 1 is 1.46 bits per heavy atom. The van der Waals surface area contributed by atoms with Crippen LogP contribution in [0.1, 0.15) is 25.1 Å². The highest BCUT2D eigenvalue weighted by molar-refractivity contribution is 7.72. The van der Waals surface area contributed by atoms with Gasteiger partial charge in [-0.1, -0.05) is 0 Å². The largest absolute Gasteiger partial charge is 0.388 e. The van der Waals surface area contributed by atoms with E-state index in [0.29, 0.717) is 6.42 Å². The second kappa shape index (κ2) is 9.33. The van der Waals surface area contributed by atoms with Crippen molar-refractivity contribution in [3.05, 3.63) is 32.6 Å². The molecule has 0 saturated carbocycles. The zero-order valence-corrected chi connectivity index (χ0v) is 17.7. The molecule has 0 spiro atoms. The molecule has 0 aromatic carbocycles. The van der Waals surface area contributed by atoms with Gasteiger partial charge >= 0.3 is 5.69 Å². The molecule has 9 nitrogen and oxygen atoms in total. The molecule has 2 rings (SSSR count). The van der Waals surface area contributed by atoms with E-state index >= 15 is 0 Å². The van der Waals surface area contributed by atoms with Gasteiger partial charge in [0.1, 0.15) is 18.0 Å². The Kier molecular flexibility index (Phi) is 7.59. The van der Waals surface area contributed by atoms with E-state index in [1.807, 2.05) is 0 Å². The van der Waals surface area contributed by atoms with Crippen molar-refractivity contribution in [3.63, 3.8) is 0 Å². The Balaban J connectivity index is 2.26. The fourth-order valence-corrected chi connectivity index (χ4v) is 4.08. The van der Waals surface area contributed by atoms with Crippen LogP contribution in [-0.2, 0) is 20.8 Å². The number of aliphatic hydroxyl groups is 1. The van der Waals surface area contributed by atoms with E-state index in [4.69, 9.17) is 9.47 Å². The number of ketones is 1. The molecule has 0 unspecified atom stereocenters. The van der Waals surface area contributed by atoms with E-state index in [9.17, 15) is 19.5 Å². The molecule has 1 aromatic heterocycles. The zero-order chi connectivity index (χ0) is 21.1. The van der Waals surface area contributed by atoms with Crippen LogP contribution in [0.5, 0.6) is 0 Å². The van der Waals surface area contributed by atoms with Crippen LogP contribution in [0.4, 0.5) is 0 Å². The Hall–Kier alpha value is -1.51. The molecule has 4 atom stereocenters. The molecule has 3 N–H and O–H groups in total. The third-order valence-electron chi connectivity index (χ3n) is 4.61. The predicted octanol–water partition coefficient (Wildman–Crippen LogP) is -0.412. The quantitative estimate of drug-likeness (QED) is 0.469. The van der Waals surface area contributed by atoms with E-state index in [0.717, 1.165) is 6.16 Å². The second-order valence-electron chi connectivity index (χ2n) is 7.83. The lowest BCUT2D eigenvalue weighted by Gasteiger charge is -2.21. The molecule has 10 heteroatoms. The van der Waals surface area contributed by atoms with Gasteiger partial charge in [0.2, 0.25) is 0 Å². The summed E-state index contributed by atoms with van der Waals surface area (Å²) in [5.74, 6) is -0.0644. The maximum atomic E-state index is 12.4. The molecule has 2 heterocycles. The lowest BCUT2D eigenvalue weighted by molar-refractivity contribution is -0.116. The Morgan fingerprint density at radius 2 is 2.14 bits per heavy atom. The smallest absolute Gasteiger partial charge is 0.330 e. The van der Waals surface area contributed by atoms with E-state index in [1.165, 1.54) is 24.8 Å². The third kappa shape index (κ3) is 5.75. The van der Waals surface area contributed by atoms with Crippen LogP contribution in [0.25, 0.3) is 0 Å². The van der Waals surface area contributed by atoms with Crippen LogP contribution in [0.2, 0.25) is 0 Å². The van der Waals surface area contributed by atoms with E-state index in [-0.39, 0.29) is 24.4 Å². The molecule has 1 saturated heterocycles. The van der Waals surface area contributed by atoms with Gasteiger partial charge in [-0.2, -0.15) is 0 Å². The lowest BCUT2D eigenvalue weighted by atomic mass is 10.1. The Bertz CT molecular complexity index is 858. The van der Waals surface area contributed by atoms with Crippen LogP contribution in [0.3, 0.4) is 0 Å². The molecule has 1 aliphatic rings. The summed E-state index contributed by atoms with van der Waals surface area (Å²) in [6.07, 6.45) is 3.97. The van der Waals surface area contributed by atoms with Gasteiger partial charge in [0.25, 0.3) is 5.56 Å². The van der Waals surface area contributed by atoms with Crippen molar-refractivity contribution >= 4 is 19.0 Å². The number of nitrogens with one attached hydrogen (secondary N) is 2. The Morgan fingerprint density at radius 3 is 2.71 bits per heavy atom. The number of aliphatic hydroxyl groups excluding tert-OH is 1. The first-order valence-electron chi connectivity index (χ1n) is 9.11. The predicted molar refractivity (Wildman–Crippen MR) is 110 cm³/mol. The number of nitrogens with zero attached hydrogens (tertiary/aromatic N) is 1. The van der Waals surface area contributed by atoms with Crippen LogP contribution in [0, 0.1) is 0 Å². The maximum absolute atomic E-state index is 12.4. The Labute approximate surface area is 164 Å². The average Bonchev–Trinajstić information content (AvgIpc) is 2.89. The third-order valence-corrected chi connectivity index (χ3v) is 6.08. The molecule has 1 fully saturated rings. The summed E-state index contributed by atoms with van der Waals surface area (Å²) in [7, 11) is 1.44. The first-order chi connectivity index (χ1) is 13.0. The SMILES string of the molecule is C=P(C)(C)CC[C@H]1O[C@@H](n2cc(CNCC(C)=O)c(=O)[nH]c2=O)[C@H](OC)[C@@H]1O. The highest BCUT2D eigenvalue weighted by Gasteiger charge is 2.45. The number of aromatic amines is 1. The summed E-state index contributed by atoms with van der Waals surface area (Å²) in [6, 6.07) is 0. The molecule has 0 radical (unpaired) electrons. The van der Waals surface area contributed by atoms with Gasteiger partial charge in [-0.25, -0.2) is 4.79 Å². The van der Waals surface area contributed by atoms with E-state index in [2.05, 4.69) is 29.9 Å². The van der Waals surface area contributed by atoms with Gasteiger partial charge in [0, 0.05) is 25.4 Å². The minimum absolute atomic E-state index is 0.0644. The summed E-state index contributed by atoms with van der Waals surface area (Å²) in [4.78, 5) is 37.7. The van der Waals surface area contributed by atoms with Crippen molar-refractivity contribution in [2.75, 3.05) is 33.1 Å². The van der Waals surface area contributed by atoms with Crippen LogP contribution < -0.4 is 16.6 Å². The number of methoxy groups -OCH3 is 1. The highest BCUT2D eigenvalue weighted by atomic mass is 31.2. The molecular weight excluding hydrogens is 385 g/mol. The van der Waals surface area contributed by atoms with Crippen molar-refractivity contribution in [3.8, 4) is 0 Å². The van der Waals surface area contributed by atoms with Gasteiger partial charge in [-0.15, -0.1) is 13.2 Å². The number of hydrogen-bond acceptors (Lipinski definition) is 7. The lowest BCUT2D eigenvalue weighted by Crippen LogP contribution is -2.40. The summed E-state index contributed by atoms with van der Waals surface area (Å²) in [5, 5.41) is 13.4. The number of aromatic nitrogens is 2. The van der Waals surface area contributed by atoms with E-state index in [1.54, 1.807) is 0 Å². The monoisotopic (exact) mass is 415 g/mol. The normalized spacial score (nSPS) is 25.2. The van der Waals surface area contributed by atoms with Crippen LogP contribution in [0.15, 0.2) is 15.8 Å². The minimum Gasteiger partial charge on any atom is -0.388 e. The standard InChI is InChI=1S/C18H30N3O6P/c1-11(22)8-19-9-12-10-21(18(25)20-16(12)24)17-15(26-2)14(23)13(27-17)6-7-28(3,4)5/h10,13-15,17,19,23H,3,6-9H2,1-2,4-5H3,(H,20,24,25)/t13-,14-,15-,17-/m1/s1. The topological polar surface area (TPSA) is 123 Å². The molecule has 0 bridgehead atoms. The average molecular weight is 415 g/mol. The molecule has 0 amide bonds. The fourth-order valence-electron chi connectivity index (χ4n) is 3.13. The van der Waals surface area contributed by atoms with E-state index < -0.39 is 42.7 Å². The number of rotatable bonds is 9. The number of ether oxygens (including phenoxy) is 2.